The topological polar surface area (TPSA) is 69.0 Å². The molecular weight excluding hydrogens is 435 g/mol. The van der Waals surface area contributed by atoms with Crippen LogP contribution in [0.5, 0.6) is 0 Å². The number of carbonyl (C=O) groups excluding carboxylic acids is 1. The van der Waals surface area contributed by atoms with Gasteiger partial charge in [-0.05, 0) is 61.6 Å². The second-order valence-corrected chi connectivity index (χ2v) is 8.95. The molecule has 0 radical (unpaired) electrons. The number of ether oxygens (including phenoxy) is 1. The number of carbonyl (C=O) groups is 1. The average Bonchev–Trinajstić information content (AvgIpc) is 3.43. The van der Waals surface area contributed by atoms with Gasteiger partial charge in [0.1, 0.15) is 5.82 Å². The monoisotopic (exact) mass is 458 g/mol. The number of nitrogens with zero attached hydrogens (tertiary/aromatic N) is 3. The first-order chi connectivity index (χ1) is 15.1. The van der Waals surface area contributed by atoms with Gasteiger partial charge in [0.05, 0.1) is 18.4 Å². The van der Waals surface area contributed by atoms with E-state index < -0.39 is 0 Å². The third kappa shape index (κ3) is 5.66. The molecule has 1 amide bonds. The fourth-order valence-electron chi connectivity index (χ4n) is 3.39. The number of amides is 1. The Hall–Kier alpha value is -2.36. The van der Waals surface area contributed by atoms with Gasteiger partial charge in [0, 0.05) is 22.8 Å². The zero-order valence-corrected chi connectivity index (χ0v) is 18.7. The van der Waals surface area contributed by atoms with Gasteiger partial charge in [-0.1, -0.05) is 17.8 Å². The van der Waals surface area contributed by atoms with E-state index in [9.17, 15) is 9.18 Å². The Morgan fingerprint density at radius 2 is 2.10 bits per heavy atom. The molecule has 1 aliphatic heterocycles. The summed E-state index contributed by atoms with van der Waals surface area (Å²) in [5.74, 6) is 0.436. The lowest BCUT2D eigenvalue weighted by Gasteiger charge is -2.14. The van der Waals surface area contributed by atoms with E-state index in [0.29, 0.717) is 17.5 Å². The molecule has 1 aromatic heterocycles. The van der Waals surface area contributed by atoms with Crippen molar-refractivity contribution in [1.29, 1.82) is 0 Å². The van der Waals surface area contributed by atoms with Crippen molar-refractivity contribution < 1.29 is 13.9 Å². The highest BCUT2D eigenvalue weighted by Gasteiger charge is 2.22. The zero-order valence-electron chi connectivity index (χ0n) is 17.1. The van der Waals surface area contributed by atoms with Crippen LogP contribution in [0.2, 0.25) is 0 Å². The molecule has 0 saturated carbocycles. The highest BCUT2D eigenvalue weighted by molar-refractivity contribution is 7.99. The van der Waals surface area contributed by atoms with E-state index in [2.05, 4.69) is 15.5 Å². The quantitative estimate of drug-likeness (QED) is 0.493. The third-order valence-corrected chi connectivity index (χ3v) is 6.61. The van der Waals surface area contributed by atoms with Gasteiger partial charge >= 0.3 is 0 Å². The normalized spacial score (nSPS) is 15.9. The van der Waals surface area contributed by atoms with E-state index >= 15 is 0 Å². The minimum absolute atomic E-state index is 0.0812. The summed E-state index contributed by atoms with van der Waals surface area (Å²) in [7, 11) is 0. The summed E-state index contributed by atoms with van der Waals surface area (Å²) in [6, 6.07) is 13.9. The number of nitrogens with one attached hydrogen (secondary N) is 1. The van der Waals surface area contributed by atoms with Crippen molar-refractivity contribution in [3.8, 4) is 11.4 Å². The Morgan fingerprint density at radius 3 is 2.84 bits per heavy atom. The van der Waals surface area contributed by atoms with Crippen LogP contribution in [0.3, 0.4) is 0 Å². The van der Waals surface area contributed by atoms with Gasteiger partial charge in [0.2, 0.25) is 5.91 Å². The van der Waals surface area contributed by atoms with Crippen molar-refractivity contribution in [3.05, 3.63) is 54.3 Å². The largest absolute Gasteiger partial charge is 0.376 e. The summed E-state index contributed by atoms with van der Waals surface area (Å²) in [6.45, 7) is 1.35. The SMILES string of the molecule is CSc1cccc(NC(=O)CSc2nnc(-c3ccc(F)cc3)n2CC2CCCO2)c1. The van der Waals surface area contributed by atoms with Gasteiger partial charge in [-0.25, -0.2) is 4.39 Å². The highest BCUT2D eigenvalue weighted by atomic mass is 32.2. The van der Waals surface area contributed by atoms with Crippen molar-refractivity contribution in [3.63, 3.8) is 0 Å². The lowest BCUT2D eigenvalue weighted by atomic mass is 10.2. The Balaban J connectivity index is 1.48. The van der Waals surface area contributed by atoms with Crippen molar-refractivity contribution in [2.75, 3.05) is 23.9 Å². The number of anilines is 1. The summed E-state index contributed by atoms with van der Waals surface area (Å²) in [4.78, 5) is 13.6. The van der Waals surface area contributed by atoms with Crippen molar-refractivity contribution in [2.45, 2.75) is 35.5 Å². The Labute approximate surface area is 189 Å². The minimum atomic E-state index is -0.300. The minimum Gasteiger partial charge on any atom is -0.376 e. The fraction of sp³-hybridized carbons (Fsp3) is 0.318. The van der Waals surface area contributed by atoms with Crippen LogP contribution in [0.15, 0.2) is 58.6 Å². The van der Waals surface area contributed by atoms with Crippen LogP contribution in [0.25, 0.3) is 11.4 Å². The maximum atomic E-state index is 13.4. The van der Waals surface area contributed by atoms with Crippen LogP contribution >= 0.6 is 23.5 Å². The van der Waals surface area contributed by atoms with Crippen molar-refractivity contribution in [1.82, 2.24) is 14.8 Å². The van der Waals surface area contributed by atoms with E-state index in [1.807, 2.05) is 35.1 Å². The number of rotatable bonds is 8. The number of thioether (sulfide) groups is 2. The van der Waals surface area contributed by atoms with E-state index in [1.54, 1.807) is 23.9 Å². The van der Waals surface area contributed by atoms with Crippen LogP contribution in [-0.2, 0) is 16.1 Å². The molecule has 0 bridgehead atoms. The average molecular weight is 459 g/mol. The van der Waals surface area contributed by atoms with Crippen LogP contribution in [0.4, 0.5) is 10.1 Å². The summed E-state index contributed by atoms with van der Waals surface area (Å²) >= 11 is 2.95. The maximum absolute atomic E-state index is 13.4. The van der Waals surface area contributed by atoms with Gasteiger partial charge < -0.3 is 10.1 Å². The van der Waals surface area contributed by atoms with Gasteiger partial charge in [-0.2, -0.15) is 0 Å². The van der Waals surface area contributed by atoms with Gasteiger partial charge in [-0.15, -0.1) is 22.0 Å². The van der Waals surface area contributed by atoms with E-state index in [0.717, 1.165) is 35.6 Å². The third-order valence-electron chi connectivity index (χ3n) is 4.92. The van der Waals surface area contributed by atoms with E-state index in [4.69, 9.17) is 4.74 Å². The lowest BCUT2D eigenvalue weighted by molar-refractivity contribution is -0.113. The first kappa shape index (κ1) is 21.9. The predicted molar refractivity (Wildman–Crippen MR) is 122 cm³/mol. The first-order valence-electron chi connectivity index (χ1n) is 10.00. The number of hydrogen-bond acceptors (Lipinski definition) is 6. The number of hydrogen-bond donors (Lipinski definition) is 1. The molecule has 0 aliphatic carbocycles. The van der Waals surface area contributed by atoms with Crippen LogP contribution < -0.4 is 5.32 Å². The standard InChI is InChI=1S/C22H23FN4O2S2/c1-30-19-6-2-4-17(12-19)24-20(28)14-31-22-26-25-21(15-7-9-16(23)10-8-15)27(22)13-18-5-3-11-29-18/h2,4,6-10,12,18H,3,5,11,13-14H2,1H3,(H,24,28). The molecule has 2 aromatic carbocycles. The lowest BCUT2D eigenvalue weighted by Crippen LogP contribution is -2.18. The van der Waals surface area contributed by atoms with Crippen molar-refractivity contribution >= 4 is 35.1 Å². The molecule has 1 N–H and O–H groups in total. The van der Waals surface area contributed by atoms with Crippen LogP contribution in [0, 0.1) is 5.82 Å². The molecule has 0 spiro atoms. The Morgan fingerprint density at radius 1 is 1.26 bits per heavy atom. The molecule has 1 atom stereocenters. The maximum Gasteiger partial charge on any atom is 0.234 e. The van der Waals surface area contributed by atoms with Crippen LogP contribution in [0.1, 0.15) is 12.8 Å². The van der Waals surface area contributed by atoms with Crippen LogP contribution in [-0.4, -0.2) is 45.4 Å². The molecule has 1 fully saturated rings. The van der Waals surface area contributed by atoms with Crippen molar-refractivity contribution in [2.24, 2.45) is 0 Å². The first-order valence-corrected chi connectivity index (χ1v) is 12.2. The van der Waals surface area contributed by atoms with Gasteiger partial charge in [-0.3, -0.25) is 9.36 Å². The number of benzene rings is 2. The zero-order chi connectivity index (χ0) is 21.6. The summed E-state index contributed by atoms with van der Waals surface area (Å²) in [6.07, 6.45) is 4.07. The molecule has 1 saturated heterocycles. The molecule has 2 heterocycles. The summed E-state index contributed by atoms with van der Waals surface area (Å²) in [5, 5.41) is 12.2. The Bertz CT molecular complexity index is 1040. The molecule has 3 aromatic rings. The van der Waals surface area contributed by atoms with E-state index in [-0.39, 0.29) is 23.6 Å². The summed E-state index contributed by atoms with van der Waals surface area (Å²) in [5.41, 5.74) is 1.54. The Kier molecular flexibility index (Phi) is 7.26. The molecule has 1 aliphatic rings. The summed E-state index contributed by atoms with van der Waals surface area (Å²) < 4.78 is 21.1. The second kappa shape index (κ2) is 10.3. The van der Waals surface area contributed by atoms with Gasteiger partial charge in [0.25, 0.3) is 0 Å². The number of halogens is 1. The predicted octanol–water partition coefficient (Wildman–Crippen LogP) is 4.72. The molecule has 31 heavy (non-hydrogen) atoms. The molecule has 162 valence electrons. The fourth-order valence-corrected chi connectivity index (χ4v) is 4.60. The van der Waals surface area contributed by atoms with Gasteiger partial charge in [0.15, 0.2) is 11.0 Å². The molecular formula is C22H23FN4O2S2. The highest BCUT2D eigenvalue weighted by Crippen LogP contribution is 2.27. The molecule has 9 heteroatoms. The molecule has 6 nitrogen and oxygen atoms in total. The smallest absolute Gasteiger partial charge is 0.234 e. The van der Waals surface area contributed by atoms with E-state index in [1.165, 1.54) is 23.9 Å². The molecule has 4 rings (SSSR count). The second-order valence-electron chi connectivity index (χ2n) is 7.13. The number of aromatic nitrogens is 3. The molecule has 1 unspecified atom stereocenters.